The van der Waals surface area contributed by atoms with Gasteiger partial charge in [-0.25, -0.2) is 0 Å². The summed E-state index contributed by atoms with van der Waals surface area (Å²) in [4.78, 5) is 27.8. The molecule has 17 heavy (non-hydrogen) atoms. The Balaban J connectivity index is 2.15. The van der Waals surface area contributed by atoms with Crippen molar-refractivity contribution >= 4 is 5.91 Å². The molecular weight excluding hydrogens is 220 g/mol. The van der Waals surface area contributed by atoms with Gasteiger partial charge in [0.15, 0.2) is 0 Å². The van der Waals surface area contributed by atoms with Crippen LogP contribution in [0.15, 0.2) is 23.1 Å². The third-order valence-electron chi connectivity index (χ3n) is 2.93. The van der Waals surface area contributed by atoms with Gasteiger partial charge in [-0.2, -0.15) is 0 Å². The van der Waals surface area contributed by atoms with Crippen molar-refractivity contribution in [3.8, 4) is 0 Å². The van der Waals surface area contributed by atoms with E-state index in [1.165, 1.54) is 6.20 Å². The molecule has 0 saturated carbocycles. The van der Waals surface area contributed by atoms with E-state index in [4.69, 9.17) is 4.74 Å². The number of nitrogens with zero attached hydrogens (tertiary/aromatic N) is 1. The zero-order valence-corrected chi connectivity index (χ0v) is 9.81. The van der Waals surface area contributed by atoms with E-state index in [1.54, 1.807) is 17.0 Å². The van der Waals surface area contributed by atoms with Crippen molar-refractivity contribution in [2.24, 2.45) is 0 Å². The van der Waals surface area contributed by atoms with E-state index in [0.29, 0.717) is 19.7 Å². The van der Waals surface area contributed by atoms with E-state index in [2.05, 4.69) is 4.98 Å². The average Bonchev–Trinajstić information content (AvgIpc) is 2.38. The van der Waals surface area contributed by atoms with Crippen molar-refractivity contribution in [2.75, 3.05) is 19.7 Å². The molecule has 1 aliphatic rings. The molecule has 1 amide bonds. The van der Waals surface area contributed by atoms with Gasteiger partial charge in [0, 0.05) is 19.3 Å². The molecule has 1 saturated heterocycles. The van der Waals surface area contributed by atoms with Crippen LogP contribution in [0.5, 0.6) is 0 Å². The Hall–Kier alpha value is -1.62. The Morgan fingerprint density at radius 2 is 2.47 bits per heavy atom. The minimum absolute atomic E-state index is 0.0792. The minimum Gasteiger partial charge on any atom is -0.375 e. The number of morpholine rings is 1. The molecule has 0 aliphatic carbocycles. The summed E-state index contributed by atoms with van der Waals surface area (Å²) < 4.78 is 5.49. The van der Waals surface area contributed by atoms with Crippen LogP contribution in [0, 0.1) is 0 Å². The van der Waals surface area contributed by atoms with E-state index in [-0.39, 0.29) is 23.1 Å². The van der Waals surface area contributed by atoms with E-state index in [1.807, 2.05) is 6.92 Å². The van der Waals surface area contributed by atoms with Gasteiger partial charge in [-0.1, -0.05) is 6.92 Å². The summed E-state index contributed by atoms with van der Waals surface area (Å²) in [7, 11) is 0. The molecule has 0 radical (unpaired) electrons. The topological polar surface area (TPSA) is 62.4 Å². The van der Waals surface area contributed by atoms with Gasteiger partial charge in [0.2, 0.25) is 0 Å². The zero-order valence-electron chi connectivity index (χ0n) is 9.81. The zero-order chi connectivity index (χ0) is 12.3. The van der Waals surface area contributed by atoms with E-state index in [9.17, 15) is 9.59 Å². The molecule has 0 bridgehead atoms. The highest BCUT2D eigenvalue weighted by Gasteiger charge is 2.25. The standard InChI is InChI=1S/C12H16N2O3/c1-2-9-8-14(6-7-17-9)12(16)10-4-3-5-13-11(10)15/h3-5,9H,2,6-8H2,1H3,(H,13,15)/t9-/m0/s1. The average molecular weight is 236 g/mol. The predicted molar refractivity (Wildman–Crippen MR) is 63.0 cm³/mol. The van der Waals surface area contributed by atoms with Crippen molar-refractivity contribution in [3.05, 3.63) is 34.2 Å². The largest absolute Gasteiger partial charge is 0.375 e. The fourth-order valence-corrected chi connectivity index (χ4v) is 1.91. The van der Waals surface area contributed by atoms with Crippen LogP contribution in [0.1, 0.15) is 23.7 Å². The highest BCUT2D eigenvalue weighted by atomic mass is 16.5. The smallest absolute Gasteiger partial charge is 0.260 e. The number of ether oxygens (including phenoxy) is 1. The molecule has 0 spiro atoms. The second-order valence-electron chi connectivity index (χ2n) is 4.07. The first-order valence-electron chi connectivity index (χ1n) is 5.81. The summed E-state index contributed by atoms with van der Waals surface area (Å²) in [6.45, 7) is 3.66. The van der Waals surface area contributed by atoms with Crippen LogP contribution in [-0.4, -0.2) is 41.6 Å². The molecule has 5 nitrogen and oxygen atoms in total. The Morgan fingerprint density at radius 1 is 1.65 bits per heavy atom. The minimum atomic E-state index is -0.336. The number of hydrogen-bond acceptors (Lipinski definition) is 3. The van der Waals surface area contributed by atoms with Gasteiger partial charge in [-0.3, -0.25) is 9.59 Å². The number of aromatic amines is 1. The summed E-state index contributed by atoms with van der Waals surface area (Å²) in [6.07, 6.45) is 2.47. The fraction of sp³-hybridized carbons (Fsp3) is 0.500. The SMILES string of the molecule is CC[C@H]1CN(C(=O)c2ccc[nH]c2=O)CCO1. The van der Waals surface area contributed by atoms with E-state index in [0.717, 1.165) is 6.42 Å². The number of amides is 1. The second-order valence-corrected chi connectivity index (χ2v) is 4.07. The Bertz CT molecular complexity index is 455. The summed E-state index contributed by atoms with van der Waals surface area (Å²) in [6, 6.07) is 3.21. The van der Waals surface area contributed by atoms with Crippen LogP contribution in [0.25, 0.3) is 0 Å². The molecule has 2 heterocycles. The lowest BCUT2D eigenvalue weighted by atomic mass is 10.2. The molecule has 1 atom stereocenters. The number of pyridine rings is 1. The Morgan fingerprint density at radius 3 is 3.18 bits per heavy atom. The van der Waals surface area contributed by atoms with Crippen LogP contribution in [0.2, 0.25) is 0 Å². The molecule has 1 N–H and O–H groups in total. The highest BCUT2D eigenvalue weighted by molar-refractivity contribution is 5.93. The van der Waals surface area contributed by atoms with Crippen LogP contribution >= 0.6 is 0 Å². The first kappa shape index (κ1) is 11.9. The van der Waals surface area contributed by atoms with Crippen molar-refractivity contribution in [2.45, 2.75) is 19.4 Å². The number of hydrogen-bond donors (Lipinski definition) is 1. The molecule has 5 heteroatoms. The third kappa shape index (κ3) is 2.55. The number of carbonyl (C=O) groups excluding carboxylic acids is 1. The molecule has 0 aromatic carbocycles. The summed E-state index contributed by atoms with van der Waals surface area (Å²) in [5.74, 6) is -0.214. The lowest BCUT2D eigenvalue weighted by Gasteiger charge is -2.32. The number of H-pyrrole nitrogens is 1. The number of carbonyl (C=O) groups is 1. The van der Waals surface area contributed by atoms with Crippen LogP contribution in [0.4, 0.5) is 0 Å². The summed E-state index contributed by atoms with van der Waals surface area (Å²) in [5, 5.41) is 0. The van der Waals surface area contributed by atoms with Crippen LogP contribution in [-0.2, 0) is 4.74 Å². The summed E-state index contributed by atoms with van der Waals surface area (Å²) >= 11 is 0. The van der Waals surface area contributed by atoms with Crippen molar-refractivity contribution in [3.63, 3.8) is 0 Å². The number of nitrogens with one attached hydrogen (secondary N) is 1. The van der Waals surface area contributed by atoms with Gasteiger partial charge in [0.1, 0.15) is 5.56 Å². The molecule has 2 rings (SSSR count). The Labute approximate surface area is 99.4 Å². The first-order chi connectivity index (χ1) is 8.22. The Kier molecular flexibility index (Phi) is 3.58. The second kappa shape index (κ2) is 5.14. The van der Waals surface area contributed by atoms with E-state index >= 15 is 0 Å². The number of aromatic nitrogens is 1. The van der Waals surface area contributed by atoms with Crippen molar-refractivity contribution < 1.29 is 9.53 Å². The highest BCUT2D eigenvalue weighted by Crippen LogP contribution is 2.10. The third-order valence-corrected chi connectivity index (χ3v) is 2.93. The molecular formula is C12H16N2O3. The predicted octanol–water partition coefficient (Wildman–Crippen LogP) is 0.626. The summed E-state index contributed by atoms with van der Waals surface area (Å²) in [5.41, 5.74) is -0.138. The monoisotopic (exact) mass is 236 g/mol. The van der Waals surface area contributed by atoms with Gasteiger partial charge in [-0.05, 0) is 18.6 Å². The fourth-order valence-electron chi connectivity index (χ4n) is 1.91. The van der Waals surface area contributed by atoms with Gasteiger partial charge in [-0.15, -0.1) is 0 Å². The number of rotatable bonds is 2. The quantitative estimate of drug-likeness (QED) is 0.819. The van der Waals surface area contributed by atoms with Crippen molar-refractivity contribution in [1.29, 1.82) is 0 Å². The van der Waals surface area contributed by atoms with Crippen LogP contribution < -0.4 is 5.56 Å². The van der Waals surface area contributed by atoms with Gasteiger partial charge >= 0.3 is 0 Å². The van der Waals surface area contributed by atoms with Gasteiger partial charge in [0.05, 0.1) is 12.7 Å². The molecule has 0 unspecified atom stereocenters. The maximum atomic E-state index is 12.1. The van der Waals surface area contributed by atoms with Crippen molar-refractivity contribution in [1.82, 2.24) is 9.88 Å². The van der Waals surface area contributed by atoms with E-state index < -0.39 is 0 Å². The molecule has 1 aromatic rings. The molecule has 92 valence electrons. The van der Waals surface area contributed by atoms with Crippen LogP contribution in [0.3, 0.4) is 0 Å². The molecule has 1 aliphatic heterocycles. The lowest BCUT2D eigenvalue weighted by molar-refractivity contribution is -0.0226. The maximum Gasteiger partial charge on any atom is 0.260 e. The maximum absolute atomic E-state index is 12.1. The van der Waals surface area contributed by atoms with Gasteiger partial charge < -0.3 is 14.6 Å². The van der Waals surface area contributed by atoms with Gasteiger partial charge in [0.25, 0.3) is 11.5 Å². The normalized spacial score (nSPS) is 20.3. The molecule has 1 fully saturated rings. The first-order valence-corrected chi connectivity index (χ1v) is 5.81. The molecule has 1 aromatic heterocycles. The lowest BCUT2D eigenvalue weighted by Crippen LogP contribution is -2.46.